The summed E-state index contributed by atoms with van der Waals surface area (Å²) in [7, 11) is 1.63. The fourth-order valence-electron chi connectivity index (χ4n) is 4.49. The number of benzene rings is 2. The summed E-state index contributed by atoms with van der Waals surface area (Å²) in [4.78, 5) is 28.5. The van der Waals surface area contributed by atoms with Gasteiger partial charge in [0.2, 0.25) is 11.8 Å². The van der Waals surface area contributed by atoms with Gasteiger partial charge in [0.05, 0.1) is 13.5 Å². The first kappa shape index (κ1) is 23.8. The average Bonchev–Trinajstić information content (AvgIpc) is 2.80. The molecule has 5 heteroatoms. The van der Waals surface area contributed by atoms with E-state index in [9.17, 15) is 9.59 Å². The van der Waals surface area contributed by atoms with Crippen LogP contribution in [0.15, 0.2) is 48.5 Å². The van der Waals surface area contributed by atoms with Gasteiger partial charge in [0, 0.05) is 12.6 Å². The van der Waals surface area contributed by atoms with E-state index in [4.69, 9.17) is 4.74 Å². The number of hydrogen-bond donors (Lipinski definition) is 1. The highest BCUT2D eigenvalue weighted by molar-refractivity contribution is 5.88. The van der Waals surface area contributed by atoms with Crippen LogP contribution in [0.1, 0.15) is 62.1 Å². The first-order valence-corrected chi connectivity index (χ1v) is 11.8. The molecular formula is C27H36N2O3. The lowest BCUT2D eigenvalue weighted by Gasteiger charge is -2.33. The normalized spacial score (nSPS) is 15.1. The quantitative estimate of drug-likeness (QED) is 0.614. The fourth-order valence-corrected chi connectivity index (χ4v) is 4.49. The molecule has 0 aliphatic heterocycles. The van der Waals surface area contributed by atoms with Crippen molar-refractivity contribution in [1.29, 1.82) is 0 Å². The van der Waals surface area contributed by atoms with Crippen LogP contribution >= 0.6 is 0 Å². The Kier molecular flexibility index (Phi) is 8.72. The molecule has 1 unspecified atom stereocenters. The Labute approximate surface area is 192 Å². The molecule has 1 aliphatic rings. The SMILES string of the molecule is CCC(C(=O)NC1CCCCC1)N(Cc1cccc(C)c1)C(=O)Cc1ccc(OC)cc1. The van der Waals surface area contributed by atoms with E-state index in [0.717, 1.165) is 48.1 Å². The molecule has 0 saturated heterocycles. The summed E-state index contributed by atoms with van der Waals surface area (Å²) in [5, 5.41) is 3.23. The number of methoxy groups -OCH3 is 1. The van der Waals surface area contributed by atoms with Crippen molar-refractivity contribution in [2.45, 2.75) is 77.4 Å². The number of carbonyl (C=O) groups is 2. The smallest absolute Gasteiger partial charge is 0.243 e. The summed E-state index contributed by atoms with van der Waals surface area (Å²) in [5.74, 6) is 0.688. The number of aryl methyl sites for hydroxylation is 1. The molecule has 1 aliphatic carbocycles. The third kappa shape index (κ3) is 6.59. The van der Waals surface area contributed by atoms with Crippen LogP contribution < -0.4 is 10.1 Å². The van der Waals surface area contributed by atoms with Gasteiger partial charge < -0.3 is 15.0 Å². The van der Waals surface area contributed by atoms with Crippen molar-refractivity contribution in [3.63, 3.8) is 0 Å². The molecule has 1 atom stereocenters. The summed E-state index contributed by atoms with van der Waals surface area (Å²) < 4.78 is 5.22. The minimum Gasteiger partial charge on any atom is -0.497 e. The van der Waals surface area contributed by atoms with Crippen LogP contribution in [-0.4, -0.2) is 35.9 Å². The minimum atomic E-state index is -0.483. The fraction of sp³-hybridized carbons (Fsp3) is 0.481. The maximum atomic E-state index is 13.5. The molecule has 0 bridgehead atoms. The number of ether oxygens (including phenoxy) is 1. The third-order valence-corrected chi connectivity index (χ3v) is 6.29. The van der Waals surface area contributed by atoms with Crippen LogP contribution in [0, 0.1) is 6.92 Å². The summed E-state index contributed by atoms with van der Waals surface area (Å²) in [6, 6.07) is 15.4. The van der Waals surface area contributed by atoms with Crippen molar-refractivity contribution in [1.82, 2.24) is 10.2 Å². The van der Waals surface area contributed by atoms with Crippen molar-refractivity contribution in [3.8, 4) is 5.75 Å². The van der Waals surface area contributed by atoms with Gasteiger partial charge in [-0.1, -0.05) is 68.1 Å². The molecular weight excluding hydrogens is 400 g/mol. The van der Waals surface area contributed by atoms with E-state index in [2.05, 4.69) is 11.4 Å². The highest BCUT2D eigenvalue weighted by atomic mass is 16.5. The second-order valence-electron chi connectivity index (χ2n) is 8.80. The summed E-state index contributed by atoms with van der Waals surface area (Å²) >= 11 is 0. The molecule has 2 aromatic rings. The maximum Gasteiger partial charge on any atom is 0.243 e. The largest absolute Gasteiger partial charge is 0.497 e. The Bertz CT molecular complexity index is 888. The maximum absolute atomic E-state index is 13.5. The van der Waals surface area contributed by atoms with E-state index in [1.54, 1.807) is 12.0 Å². The van der Waals surface area contributed by atoms with E-state index in [1.807, 2.05) is 56.3 Å². The molecule has 1 N–H and O–H groups in total. The zero-order chi connectivity index (χ0) is 22.9. The van der Waals surface area contributed by atoms with Gasteiger partial charge >= 0.3 is 0 Å². The number of hydrogen-bond acceptors (Lipinski definition) is 3. The average molecular weight is 437 g/mol. The predicted molar refractivity (Wildman–Crippen MR) is 128 cm³/mol. The van der Waals surface area contributed by atoms with Crippen molar-refractivity contribution in [2.75, 3.05) is 7.11 Å². The van der Waals surface area contributed by atoms with Crippen LogP contribution in [-0.2, 0) is 22.6 Å². The lowest BCUT2D eigenvalue weighted by molar-refractivity contribution is -0.141. The molecule has 0 heterocycles. The molecule has 172 valence electrons. The van der Waals surface area contributed by atoms with E-state index in [1.165, 1.54) is 6.42 Å². The molecule has 2 amide bonds. The summed E-state index contributed by atoms with van der Waals surface area (Å²) in [6.45, 7) is 4.45. The van der Waals surface area contributed by atoms with Crippen LogP contribution in [0.3, 0.4) is 0 Å². The third-order valence-electron chi connectivity index (χ3n) is 6.29. The zero-order valence-corrected chi connectivity index (χ0v) is 19.6. The second kappa shape index (κ2) is 11.7. The van der Waals surface area contributed by atoms with Gasteiger partial charge in [0.25, 0.3) is 0 Å². The van der Waals surface area contributed by atoms with Crippen molar-refractivity contribution < 1.29 is 14.3 Å². The lowest BCUT2D eigenvalue weighted by Crippen LogP contribution is -2.51. The second-order valence-corrected chi connectivity index (χ2v) is 8.80. The Balaban J connectivity index is 1.79. The Morgan fingerprint density at radius 2 is 1.78 bits per heavy atom. The van der Waals surface area contributed by atoms with E-state index < -0.39 is 6.04 Å². The van der Waals surface area contributed by atoms with Crippen LogP contribution in [0.4, 0.5) is 0 Å². The number of rotatable bonds is 9. The van der Waals surface area contributed by atoms with Gasteiger partial charge in [-0.3, -0.25) is 9.59 Å². The van der Waals surface area contributed by atoms with Crippen molar-refractivity contribution in [2.24, 2.45) is 0 Å². The van der Waals surface area contributed by atoms with E-state index >= 15 is 0 Å². The van der Waals surface area contributed by atoms with Gasteiger partial charge in [-0.05, 0) is 49.4 Å². The summed E-state index contributed by atoms with van der Waals surface area (Å²) in [5.41, 5.74) is 3.09. The molecule has 3 rings (SSSR count). The Morgan fingerprint density at radius 1 is 1.06 bits per heavy atom. The van der Waals surface area contributed by atoms with Crippen LogP contribution in [0.25, 0.3) is 0 Å². The highest BCUT2D eigenvalue weighted by Crippen LogP contribution is 2.20. The molecule has 0 spiro atoms. The molecule has 5 nitrogen and oxygen atoms in total. The van der Waals surface area contributed by atoms with E-state index in [0.29, 0.717) is 13.0 Å². The van der Waals surface area contributed by atoms with Gasteiger partial charge in [0.1, 0.15) is 11.8 Å². The first-order valence-electron chi connectivity index (χ1n) is 11.8. The zero-order valence-electron chi connectivity index (χ0n) is 19.6. The summed E-state index contributed by atoms with van der Waals surface area (Å²) in [6.07, 6.45) is 6.45. The van der Waals surface area contributed by atoms with Gasteiger partial charge in [-0.2, -0.15) is 0 Å². The van der Waals surface area contributed by atoms with Crippen molar-refractivity contribution >= 4 is 11.8 Å². The molecule has 32 heavy (non-hydrogen) atoms. The predicted octanol–water partition coefficient (Wildman–Crippen LogP) is 4.80. The van der Waals surface area contributed by atoms with Crippen LogP contribution in [0.5, 0.6) is 5.75 Å². The van der Waals surface area contributed by atoms with Crippen molar-refractivity contribution in [3.05, 3.63) is 65.2 Å². The minimum absolute atomic E-state index is 0.0323. The Morgan fingerprint density at radius 3 is 2.41 bits per heavy atom. The monoisotopic (exact) mass is 436 g/mol. The highest BCUT2D eigenvalue weighted by Gasteiger charge is 2.30. The topological polar surface area (TPSA) is 58.6 Å². The molecule has 0 radical (unpaired) electrons. The molecule has 0 aromatic heterocycles. The van der Waals surface area contributed by atoms with Gasteiger partial charge in [0.15, 0.2) is 0 Å². The lowest BCUT2D eigenvalue weighted by atomic mass is 9.95. The standard InChI is InChI=1S/C27H36N2O3/c1-4-25(27(31)28-23-11-6-5-7-12-23)29(19-22-10-8-9-20(2)17-22)26(30)18-21-13-15-24(32-3)16-14-21/h8-10,13-17,23,25H,4-7,11-12,18-19H2,1-3H3,(H,28,31). The van der Waals surface area contributed by atoms with E-state index in [-0.39, 0.29) is 24.3 Å². The molecule has 1 fully saturated rings. The molecule has 2 aromatic carbocycles. The number of amides is 2. The Hall–Kier alpha value is -2.82. The first-order chi connectivity index (χ1) is 15.5. The molecule has 1 saturated carbocycles. The number of nitrogens with zero attached hydrogens (tertiary/aromatic N) is 1. The van der Waals surface area contributed by atoms with Gasteiger partial charge in [-0.25, -0.2) is 0 Å². The number of carbonyl (C=O) groups excluding carboxylic acids is 2. The number of nitrogens with one attached hydrogen (secondary N) is 1. The van der Waals surface area contributed by atoms with Crippen LogP contribution in [0.2, 0.25) is 0 Å². The van der Waals surface area contributed by atoms with Gasteiger partial charge in [-0.15, -0.1) is 0 Å².